The number of carbonyl (C=O) groups excluding carboxylic acids is 1. The Hall–Kier alpha value is -0.610. The van der Waals surface area contributed by atoms with Gasteiger partial charge in [0.25, 0.3) is 0 Å². The average molecular weight is 255 g/mol. The number of hydrogen-bond donors (Lipinski definition) is 2. The van der Waals surface area contributed by atoms with E-state index in [4.69, 9.17) is 11.5 Å². The molecule has 1 fully saturated rings. The van der Waals surface area contributed by atoms with E-state index in [1.807, 2.05) is 0 Å². The van der Waals surface area contributed by atoms with Crippen molar-refractivity contribution in [3.63, 3.8) is 0 Å². The van der Waals surface area contributed by atoms with E-state index in [2.05, 4.69) is 11.8 Å². The SMILES string of the molecule is CCN(CCCC(C)(N)C(N)=O)C1CCCCC1. The van der Waals surface area contributed by atoms with Crippen molar-refractivity contribution >= 4 is 5.91 Å². The Morgan fingerprint density at radius 1 is 1.33 bits per heavy atom. The average Bonchev–Trinajstić information content (AvgIpc) is 2.35. The molecule has 0 heterocycles. The van der Waals surface area contributed by atoms with Crippen LogP contribution in [0.2, 0.25) is 0 Å². The zero-order valence-corrected chi connectivity index (χ0v) is 12.0. The van der Waals surface area contributed by atoms with Crippen molar-refractivity contribution in [2.24, 2.45) is 11.5 Å². The second-order valence-corrected chi connectivity index (χ2v) is 5.81. The highest BCUT2D eigenvalue weighted by Gasteiger charge is 2.26. The largest absolute Gasteiger partial charge is 0.368 e. The summed E-state index contributed by atoms with van der Waals surface area (Å²) in [6, 6.07) is 0.737. The molecule has 1 amide bonds. The Kier molecular flexibility index (Phi) is 6.09. The number of nitrogens with zero attached hydrogens (tertiary/aromatic N) is 1. The molecule has 0 saturated heterocycles. The molecule has 106 valence electrons. The van der Waals surface area contributed by atoms with Gasteiger partial charge < -0.3 is 16.4 Å². The first-order valence-corrected chi connectivity index (χ1v) is 7.30. The standard InChI is InChI=1S/C14H29N3O/c1-3-17(12-8-5-4-6-9-12)11-7-10-14(2,16)13(15)18/h12H,3-11,16H2,1-2H3,(H2,15,18). The van der Waals surface area contributed by atoms with E-state index in [1.165, 1.54) is 32.1 Å². The normalized spacial score (nSPS) is 20.9. The molecule has 1 aliphatic rings. The van der Waals surface area contributed by atoms with Crippen LogP contribution < -0.4 is 11.5 Å². The van der Waals surface area contributed by atoms with Crippen LogP contribution in [0.15, 0.2) is 0 Å². The molecule has 0 aromatic carbocycles. The van der Waals surface area contributed by atoms with Crippen molar-refractivity contribution < 1.29 is 4.79 Å². The summed E-state index contributed by atoms with van der Waals surface area (Å²) in [5.41, 5.74) is 10.3. The number of carbonyl (C=O) groups is 1. The Labute approximate surface area is 111 Å². The molecule has 0 aliphatic heterocycles. The second-order valence-electron chi connectivity index (χ2n) is 5.81. The Balaban J connectivity index is 2.33. The molecule has 1 aliphatic carbocycles. The van der Waals surface area contributed by atoms with Gasteiger partial charge in [0.05, 0.1) is 5.54 Å². The highest BCUT2D eigenvalue weighted by atomic mass is 16.1. The van der Waals surface area contributed by atoms with Gasteiger partial charge in [-0.05, 0) is 45.7 Å². The van der Waals surface area contributed by atoms with E-state index in [1.54, 1.807) is 6.92 Å². The minimum atomic E-state index is -0.855. The fourth-order valence-corrected chi connectivity index (χ4v) is 2.82. The van der Waals surface area contributed by atoms with Crippen molar-refractivity contribution in [1.82, 2.24) is 4.90 Å². The first-order valence-electron chi connectivity index (χ1n) is 7.30. The van der Waals surface area contributed by atoms with Crippen molar-refractivity contribution in [3.8, 4) is 0 Å². The molecule has 18 heavy (non-hydrogen) atoms. The maximum Gasteiger partial charge on any atom is 0.237 e. The van der Waals surface area contributed by atoms with Crippen LogP contribution in [0.1, 0.15) is 58.8 Å². The lowest BCUT2D eigenvalue weighted by Crippen LogP contribution is -2.49. The second kappa shape index (κ2) is 7.10. The highest BCUT2D eigenvalue weighted by Crippen LogP contribution is 2.23. The third kappa shape index (κ3) is 4.58. The monoisotopic (exact) mass is 255 g/mol. The number of rotatable bonds is 7. The minimum absolute atomic E-state index is 0.400. The van der Waals surface area contributed by atoms with Crippen molar-refractivity contribution in [2.45, 2.75) is 70.4 Å². The van der Waals surface area contributed by atoms with E-state index in [-0.39, 0.29) is 0 Å². The molecule has 1 rings (SSSR count). The van der Waals surface area contributed by atoms with E-state index < -0.39 is 11.4 Å². The Morgan fingerprint density at radius 2 is 1.94 bits per heavy atom. The summed E-state index contributed by atoms with van der Waals surface area (Å²) in [6.07, 6.45) is 8.36. The van der Waals surface area contributed by atoms with E-state index in [9.17, 15) is 4.79 Å². The summed E-state index contributed by atoms with van der Waals surface area (Å²) in [5.74, 6) is -0.400. The maximum atomic E-state index is 11.2. The molecule has 4 N–H and O–H groups in total. The Morgan fingerprint density at radius 3 is 2.44 bits per heavy atom. The predicted molar refractivity (Wildman–Crippen MR) is 75.1 cm³/mol. The Bertz CT molecular complexity index is 260. The zero-order valence-electron chi connectivity index (χ0n) is 12.0. The first-order chi connectivity index (χ1) is 8.47. The molecule has 1 saturated carbocycles. The van der Waals surface area contributed by atoms with Crippen LogP contribution in [0.25, 0.3) is 0 Å². The molecule has 4 heteroatoms. The third-order valence-corrected chi connectivity index (χ3v) is 4.20. The van der Waals surface area contributed by atoms with Gasteiger partial charge in [-0.1, -0.05) is 26.2 Å². The van der Waals surface area contributed by atoms with Crippen LogP contribution in [0.4, 0.5) is 0 Å². The van der Waals surface area contributed by atoms with Gasteiger partial charge >= 0.3 is 0 Å². The molecule has 0 aromatic rings. The van der Waals surface area contributed by atoms with E-state index in [0.29, 0.717) is 6.42 Å². The van der Waals surface area contributed by atoms with Gasteiger partial charge in [-0.25, -0.2) is 0 Å². The molecule has 4 nitrogen and oxygen atoms in total. The molecule has 0 bridgehead atoms. The summed E-state index contributed by atoms with van der Waals surface area (Å²) < 4.78 is 0. The third-order valence-electron chi connectivity index (χ3n) is 4.20. The van der Waals surface area contributed by atoms with Crippen LogP contribution in [0.5, 0.6) is 0 Å². The quantitative estimate of drug-likeness (QED) is 0.726. The van der Waals surface area contributed by atoms with Gasteiger partial charge in [-0.2, -0.15) is 0 Å². The van der Waals surface area contributed by atoms with Crippen LogP contribution in [0.3, 0.4) is 0 Å². The predicted octanol–water partition coefficient (Wildman–Crippen LogP) is 1.62. The molecule has 1 atom stereocenters. The van der Waals surface area contributed by atoms with Gasteiger partial charge in [0.2, 0.25) is 5.91 Å². The van der Waals surface area contributed by atoms with Crippen molar-refractivity contribution in [2.75, 3.05) is 13.1 Å². The number of nitrogens with two attached hydrogens (primary N) is 2. The van der Waals surface area contributed by atoms with Gasteiger partial charge in [-0.3, -0.25) is 4.79 Å². The zero-order chi connectivity index (χ0) is 13.6. The van der Waals surface area contributed by atoms with Crippen molar-refractivity contribution in [1.29, 1.82) is 0 Å². The molecule has 0 radical (unpaired) electrons. The van der Waals surface area contributed by atoms with Crippen molar-refractivity contribution in [3.05, 3.63) is 0 Å². The fraction of sp³-hybridized carbons (Fsp3) is 0.929. The summed E-state index contributed by atoms with van der Waals surface area (Å²) >= 11 is 0. The molecule has 0 spiro atoms. The summed E-state index contributed by atoms with van der Waals surface area (Å²) in [6.45, 7) is 6.06. The molecule has 0 aromatic heterocycles. The number of hydrogen-bond acceptors (Lipinski definition) is 3. The highest BCUT2D eigenvalue weighted by molar-refractivity contribution is 5.83. The minimum Gasteiger partial charge on any atom is -0.368 e. The summed E-state index contributed by atoms with van der Waals surface area (Å²) in [7, 11) is 0. The topological polar surface area (TPSA) is 72.3 Å². The van der Waals surface area contributed by atoms with Crippen LogP contribution in [-0.4, -0.2) is 35.5 Å². The van der Waals surface area contributed by atoms with Crippen LogP contribution in [-0.2, 0) is 4.79 Å². The van der Waals surface area contributed by atoms with Gasteiger partial charge in [-0.15, -0.1) is 0 Å². The summed E-state index contributed by atoms with van der Waals surface area (Å²) in [4.78, 5) is 13.7. The van der Waals surface area contributed by atoms with Gasteiger partial charge in [0.1, 0.15) is 0 Å². The maximum absolute atomic E-state index is 11.2. The lowest BCUT2D eigenvalue weighted by atomic mass is 9.93. The molecule has 1 unspecified atom stereocenters. The lowest BCUT2D eigenvalue weighted by Gasteiger charge is -2.34. The van der Waals surface area contributed by atoms with Gasteiger partial charge in [0, 0.05) is 6.04 Å². The van der Waals surface area contributed by atoms with Crippen LogP contribution in [0, 0.1) is 0 Å². The lowest BCUT2D eigenvalue weighted by molar-refractivity contribution is -0.122. The summed E-state index contributed by atoms with van der Waals surface area (Å²) in [5, 5.41) is 0. The van der Waals surface area contributed by atoms with Crippen LogP contribution >= 0.6 is 0 Å². The van der Waals surface area contributed by atoms with E-state index >= 15 is 0 Å². The molecular weight excluding hydrogens is 226 g/mol. The smallest absolute Gasteiger partial charge is 0.237 e. The fourth-order valence-electron chi connectivity index (χ4n) is 2.82. The molecular formula is C14H29N3O. The number of amides is 1. The van der Waals surface area contributed by atoms with E-state index in [0.717, 1.165) is 25.6 Å². The number of primary amides is 1. The first kappa shape index (κ1) is 15.4. The van der Waals surface area contributed by atoms with Gasteiger partial charge in [0.15, 0.2) is 0 Å².